The van der Waals surface area contributed by atoms with Crippen molar-refractivity contribution in [2.75, 3.05) is 0 Å². The van der Waals surface area contributed by atoms with Crippen LogP contribution in [0.2, 0.25) is 0 Å². The Morgan fingerprint density at radius 1 is 1.62 bits per heavy atom. The first-order chi connectivity index (χ1) is 6.20. The topological polar surface area (TPSA) is 67.5 Å². The zero-order valence-corrected chi connectivity index (χ0v) is 7.89. The summed E-state index contributed by atoms with van der Waals surface area (Å²) in [5.41, 5.74) is 0.474. The quantitative estimate of drug-likeness (QED) is 0.815. The fraction of sp³-hybridized carbons (Fsp3) is 0. The first-order valence-corrected chi connectivity index (χ1v) is 4.20. The van der Waals surface area contributed by atoms with Gasteiger partial charge in [-0.25, -0.2) is 9.78 Å². The van der Waals surface area contributed by atoms with Crippen LogP contribution in [-0.4, -0.2) is 25.4 Å². The summed E-state index contributed by atoms with van der Waals surface area (Å²) in [5, 5.41) is 8.77. The van der Waals surface area contributed by atoms with E-state index in [1.807, 2.05) is 0 Å². The Bertz CT molecular complexity index is 480. The SMILES string of the molecule is O=C(O)c1nc(Br)n2ccncc12. The number of aromatic nitrogens is 3. The summed E-state index contributed by atoms with van der Waals surface area (Å²) >= 11 is 3.15. The van der Waals surface area contributed by atoms with Gasteiger partial charge in [0.1, 0.15) is 0 Å². The number of nitrogens with zero attached hydrogens (tertiary/aromatic N) is 3. The summed E-state index contributed by atoms with van der Waals surface area (Å²) in [6, 6.07) is 0. The number of carboxylic acid groups (broad SMARTS) is 1. The first-order valence-electron chi connectivity index (χ1n) is 3.41. The molecule has 2 aromatic rings. The van der Waals surface area contributed by atoms with Crippen LogP contribution in [0.1, 0.15) is 10.5 Å². The summed E-state index contributed by atoms with van der Waals surface area (Å²) in [7, 11) is 0. The van der Waals surface area contributed by atoms with Crippen molar-refractivity contribution >= 4 is 27.4 Å². The molecule has 0 bridgehead atoms. The fourth-order valence-electron chi connectivity index (χ4n) is 1.06. The number of hydrogen-bond acceptors (Lipinski definition) is 3. The molecule has 0 fully saturated rings. The molecule has 0 saturated carbocycles. The molecule has 0 aliphatic carbocycles. The third-order valence-corrected chi connectivity index (χ3v) is 2.17. The summed E-state index contributed by atoms with van der Waals surface area (Å²) in [6.07, 6.45) is 4.66. The van der Waals surface area contributed by atoms with Gasteiger partial charge in [-0.05, 0) is 15.9 Å². The molecule has 6 heteroatoms. The van der Waals surface area contributed by atoms with Crippen molar-refractivity contribution in [3.05, 3.63) is 29.0 Å². The molecule has 13 heavy (non-hydrogen) atoms. The van der Waals surface area contributed by atoms with E-state index in [9.17, 15) is 4.79 Å². The third-order valence-electron chi connectivity index (χ3n) is 1.61. The molecule has 0 aliphatic heterocycles. The largest absolute Gasteiger partial charge is 0.476 e. The molecule has 0 spiro atoms. The number of halogens is 1. The molecule has 0 aromatic carbocycles. The van der Waals surface area contributed by atoms with Crippen molar-refractivity contribution in [2.24, 2.45) is 0 Å². The van der Waals surface area contributed by atoms with Gasteiger partial charge >= 0.3 is 5.97 Å². The average Bonchev–Trinajstić information content (AvgIpc) is 2.45. The molecule has 2 heterocycles. The normalized spacial score (nSPS) is 10.5. The van der Waals surface area contributed by atoms with Gasteiger partial charge in [-0.1, -0.05) is 0 Å². The molecule has 2 aromatic heterocycles. The molecule has 0 unspecified atom stereocenters. The monoisotopic (exact) mass is 241 g/mol. The number of hydrogen-bond donors (Lipinski definition) is 1. The Balaban J connectivity index is 2.85. The highest BCUT2D eigenvalue weighted by atomic mass is 79.9. The van der Waals surface area contributed by atoms with E-state index in [1.54, 1.807) is 16.8 Å². The highest BCUT2D eigenvalue weighted by molar-refractivity contribution is 9.10. The average molecular weight is 242 g/mol. The lowest BCUT2D eigenvalue weighted by molar-refractivity contribution is 0.0693. The van der Waals surface area contributed by atoms with Gasteiger partial charge in [0.05, 0.1) is 11.7 Å². The molecule has 2 rings (SSSR count). The predicted octanol–water partition coefficient (Wildman–Crippen LogP) is 1.19. The van der Waals surface area contributed by atoms with Crippen LogP contribution in [-0.2, 0) is 0 Å². The first kappa shape index (κ1) is 8.18. The zero-order chi connectivity index (χ0) is 9.42. The summed E-state index contributed by atoms with van der Waals surface area (Å²) < 4.78 is 2.07. The predicted molar refractivity (Wildman–Crippen MR) is 47.6 cm³/mol. The smallest absolute Gasteiger partial charge is 0.356 e. The number of aromatic carboxylic acids is 1. The maximum atomic E-state index is 10.7. The van der Waals surface area contributed by atoms with E-state index < -0.39 is 5.97 Å². The van der Waals surface area contributed by atoms with Gasteiger partial charge in [-0.2, -0.15) is 0 Å². The van der Waals surface area contributed by atoms with Gasteiger partial charge in [0, 0.05) is 12.4 Å². The second-order valence-electron chi connectivity index (χ2n) is 2.37. The lowest BCUT2D eigenvalue weighted by Gasteiger charge is -1.91. The minimum absolute atomic E-state index is 0.0000231. The molecule has 1 N–H and O–H groups in total. The molecule has 0 atom stereocenters. The van der Waals surface area contributed by atoms with Gasteiger partial charge < -0.3 is 5.11 Å². The molecule has 0 radical (unpaired) electrons. The van der Waals surface area contributed by atoms with Crippen LogP contribution in [0.4, 0.5) is 0 Å². The van der Waals surface area contributed by atoms with E-state index in [0.717, 1.165) is 0 Å². The molecule has 0 aliphatic rings. The Hall–Kier alpha value is -1.43. The molecular formula is C7H4BrN3O2. The Morgan fingerprint density at radius 3 is 3.08 bits per heavy atom. The number of carboxylic acids is 1. The number of imidazole rings is 1. The van der Waals surface area contributed by atoms with E-state index in [-0.39, 0.29) is 5.69 Å². The Labute approximate surface area is 81.2 Å². The van der Waals surface area contributed by atoms with E-state index in [4.69, 9.17) is 5.11 Å². The summed E-state index contributed by atoms with van der Waals surface area (Å²) in [4.78, 5) is 18.4. The Morgan fingerprint density at radius 2 is 2.38 bits per heavy atom. The maximum absolute atomic E-state index is 10.7. The van der Waals surface area contributed by atoms with E-state index in [1.165, 1.54) is 6.20 Å². The van der Waals surface area contributed by atoms with Gasteiger partial charge in [-0.3, -0.25) is 9.38 Å². The van der Waals surface area contributed by atoms with E-state index in [2.05, 4.69) is 25.9 Å². The zero-order valence-electron chi connectivity index (χ0n) is 6.31. The van der Waals surface area contributed by atoms with Crippen LogP contribution in [0, 0.1) is 0 Å². The van der Waals surface area contributed by atoms with Gasteiger partial charge in [-0.15, -0.1) is 0 Å². The van der Waals surface area contributed by atoms with Crippen molar-refractivity contribution in [2.45, 2.75) is 0 Å². The summed E-state index contributed by atoms with van der Waals surface area (Å²) in [5.74, 6) is -1.06. The fourth-order valence-corrected chi connectivity index (χ4v) is 1.54. The third kappa shape index (κ3) is 1.19. The van der Waals surface area contributed by atoms with E-state index >= 15 is 0 Å². The van der Waals surface area contributed by atoms with Crippen LogP contribution < -0.4 is 0 Å². The lowest BCUT2D eigenvalue weighted by Crippen LogP contribution is -1.97. The van der Waals surface area contributed by atoms with Gasteiger partial charge in [0.2, 0.25) is 0 Å². The second-order valence-corrected chi connectivity index (χ2v) is 3.08. The minimum Gasteiger partial charge on any atom is -0.476 e. The molecule has 66 valence electrons. The van der Waals surface area contributed by atoms with Gasteiger partial charge in [0.25, 0.3) is 0 Å². The van der Waals surface area contributed by atoms with Crippen LogP contribution in [0.15, 0.2) is 23.3 Å². The molecule has 0 amide bonds. The van der Waals surface area contributed by atoms with Crippen LogP contribution in [0.3, 0.4) is 0 Å². The van der Waals surface area contributed by atoms with Crippen LogP contribution >= 0.6 is 15.9 Å². The number of rotatable bonds is 1. The number of carbonyl (C=O) groups is 1. The summed E-state index contributed by atoms with van der Waals surface area (Å²) in [6.45, 7) is 0. The van der Waals surface area contributed by atoms with Crippen LogP contribution in [0.25, 0.3) is 5.52 Å². The highest BCUT2D eigenvalue weighted by Gasteiger charge is 2.14. The second kappa shape index (κ2) is 2.81. The minimum atomic E-state index is -1.06. The standard InChI is InChI=1S/C7H4BrN3O2/c8-7-10-5(6(12)13)4-3-9-1-2-11(4)7/h1-3H,(H,12,13). The van der Waals surface area contributed by atoms with Crippen molar-refractivity contribution in [1.82, 2.24) is 14.4 Å². The Kier molecular flexibility index (Phi) is 1.77. The molecule has 5 nitrogen and oxygen atoms in total. The number of fused-ring (bicyclic) bond motifs is 1. The van der Waals surface area contributed by atoms with Crippen molar-refractivity contribution in [3.63, 3.8) is 0 Å². The lowest BCUT2D eigenvalue weighted by atomic mass is 10.4. The van der Waals surface area contributed by atoms with Crippen molar-refractivity contribution < 1.29 is 9.90 Å². The highest BCUT2D eigenvalue weighted by Crippen LogP contribution is 2.15. The molecular weight excluding hydrogens is 238 g/mol. The van der Waals surface area contributed by atoms with Crippen molar-refractivity contribution in [3.8, 4) is 0 Å². The van der Waals surface area contributed by atoms with Crippen molar-refractivity contribution in [1.29, 1.82) is 0 Å². The van der Waals surface area contributed by atoms with E-state index in [0.29, 0.717) is 10.3 Å². The van der Waals surface area contributed by atoms with Crippen LogP contribution in [0.5, 0.6) is 0 Å². The maximum Gasteiger partial charge on any atom is 0.356 e. The van der Waals surface area contributed by atoms with Gasteiger partial charge in [0.15, 0.2) is 10.4 Å². The molecule has 0 saturated heterocycles.